The predicted octanol–water partition coefficient (Wildman–Crippen LogP) is 0.361. The maximum Gasteiger partial charge on any atom is 0.264 e. The lowest BCUT2D eigenvalue weighted by Gasteiger charge is -2.23. The van der Waals surface area contributed by atoms with Gasteiger partial charge in [0.25, 0.3) is 10.1 Å². The summed E-state index contributed by atoms with van der Waals surface area (Å²) in [6, 6.07) is 0. The molecular formula is C7H18NO3S+. The first-order chi connectivity index (χ1) is 5.21. The van der Waals surface area contributed by atoms with E-state index in [1.807, 2.05) is 21.1 Å². The van der Waals surface area contributed by atoms with Gasteiger partial charge in [-0.05, 0) is 12.8 Å². The molecule has 0 radical (unpaired) electrons. The van der Waals surface area contributed by atoms with Crippen LogP contribution >= 0.6 is 0 Å². The second-order valence-corrected chi connectivity index (χ2v) is 5.58. The smallest absolute Gasteiger partial charge is 0.264 e. The third kappa shape index (κ3) is 9.87. The monoisotopic (exact) mass is 196 g/mol. The number of rotatable bonds is 5. The standard InChI is InChI=1S/C7H17NO3S/c1-8(2,3)6-4-5-7-12(9,10)11/h4-7H2,1-3H3/p+1. The molecule has 0 saturated carbocycles. The molecule has 0 aromatic rings. The highest BCUT2D eigenvalue weighted by Gasteiger charge is 2.08. The van der Waals surface area contributed by atoms with E-state index in [2.05, 4.69) is 0 Å². The van der Waals surface area contributed by atoms with Crippen LogP contribution in [-0.4, -0.2) is 50.9 Å². The molecule has 12 heavy (non-hydrogen) atoms. The molecule has 0 spiro atoms. The summed E-state index contributed by atoms with van der Waals surface area (Å²) >= 11 is 0. The van der Waals surface area contributed by atoms with Crippen LogP contribution in [0.3, 0.4) is 0 Å². The van der Waals surface area contributed by atoms with Gasteiger partial charge in [0, 0.05) is 0 Å². The maximum absolute atomic E-state index is 10.3. The molecule has 0 aromatic heterocycles. The molecule has 0 aliphatic carbocycles. The minimum absolute atomic E-state index is 0.118. The number of quaternary nitrogens is 1. The average molecular weight is 196 g/mol. The molecule has 0 atom stereocenters. The van der Waals surface area contributed by atoms with Gasteiger partial charge in [0.15, 0.2) is 0 Å². The molecule has 0 aliphatic rings. The van der Waals surface area contributed by atoms with E-state index in [0.717, 1.165) is 17.4 Å². The van der Waals surface area contributed by atoms with Crippen LogP contribution in [0.4, 0.5) is 0 Å². The van der Waals surface area contributed by atoms with Gasteiger partial charge in [-0.15, -0.1) is 0 Å². The van der Waals surface area contributed by atoms with E-state index >= 15 is 0 Å². The molecule has 0 rings (SSSR count). The number of hydrogen-bond donors (Lipinski definition) is 1. The summed E-state index contributed by atoms with van der Waals surface area (Å²) < 4.78 is 29.9. The topological polar surface area (TPSA) is 54.4 Å². The molecular weight excluding hydrogens is 178 g/mol. The van der Waals surface area contributed by atoms with Gasteiger partial charge in [0.2, 0.25) is 0 Å². The van der Waals surface area contributed by atoms with Crippen LogP contribution in [0, 0.1) is 0 Å². The molecule has 0 amide bonds. The molecule has 0 aromatic carbocycles. The Morgan fingerprint density at radius 2 is 1.67 bits per heavy atom. The first-order valence-electron chi connectivity index (χ1n) is 3.96. The van der Waals surface area contributed by atoms with Crippen LogP contribution in [0.15, 0.2) is 0 Å². The maximum atomic E-state index is 10.3. The zero-order valence-corrected chi connectivity index (χ0v) is 8.76. The van der Waals surface area contributed by atoms with Crippen molar-refractivity contribution in [3.8, 4) is 0 Å². The van der Waals surface area contributed by atoms with E-state index in [1.165, 1.54) is 0 Å². The highest BCUT2D eigenvalue weighted by molar-refractivity contribution is 7.85. The minimum atomic E-state index is -3.75. The van der Waals surface area contributed by atoms with Crippen molar-refractivity contribution >= 4 is 10.1 Å². The summed E-state index contributed by atoms with van der Waals surface area (Å²) in [6.07, 6.45) is 1.36. The zero-order chi connectivity index (χ0) is 9.83. The summed E-state index contributed by atoms with van der Waals surface area (Å²) in [5.41, 5.74) is 0. The van der Waals surface area contributed by atoms with Gasteiger partial charge >= 0.3 is 0 Å². The molecule has 0 bridgehead atoms. The Morgan fingerprint density at radius 1 is 1.17 bits per heavy atom. The molecule has 5 heteroatoms. The summed E-state index contributed by atoms with van der Waals surface area (Å²) in [5, 5.41) is 0. The number of unbranched alkanes of at least 4 members (excludes halogenated alkanes) is 1. The quantitative estimate of drug-likeness (QED) is 0.392. The van der Waals surface area contributed by atoms with Crippen LogP contribution in [0.1, 0.15) is 12.8 Å². The van der Waals surface area contributed by atoms with Crippen LogP contribution in [-0.2, 0) is 10.1 Å². The Morgan fingerprint density at radius 3 is 2.00 bits per heavy atom. The average Bonchev–Trinajstić information content (AvgIpc) is 1.76. The van der Waals surface area contributed by atoms with Gasteiger partial charge in [-0.2, -0.15) is 8.42 Å². The lowest BCUT2D eigenvalue weighted by Crippen LogP contribution is -2.35. The fourth-order valence-corrected chi connectivity index (χ4v) is 1.44. The third-order valence-electron chi connectivity index (χ3n) is 1.48. The lowest BCUT2D eigenvalue weighted by atomic mass is 10.3. The van der Waals surface area contributed by atoms with E-state index in [0.29, 0.717) is 6.42 Å². The zero-order valence-electron chi connectivity index (χ0n) is 7.95. The van der Waals surface area contributed by atoms with Crippen molar-refractivity contribution in [1.29, 1.82) is 0 Å². The molecule has 74 valence electrons. The third-order valence-corrected chi connectivity index (χ3v) is 2.29. The largest absolute Gasteiger partial charge is 0.331 e. The minimum Gasteiger partial charge on any atom is -0.331 e. The Labute approximate surface area is 74.5 Å². The van der Waals surface area contributed by atoms with Crippen molar-refractivity contribution < 1.29 is 17.5 Å². The second kappa shape index (κ2) is 4.20. The van der Waals surface area contributed by atoms with E-state index in [1.54, 1.807) is 0 Å². The molecule has 0 fully saturated rings. The summed E-state index contributed by atoms with van der Waals surface area (Å²) in [7, 11) is 2.40. The molecule has 1 N–H and O–H groups in total. The van der Waals surface area contributed by atoms with E-state index in [9.17, 15) is 8.42 Å². The normalized spacial score (nSPS) is 13.3. The first kappa shape index (κ1) is 11.9. The van der Waals surface area contributed by atoms with Crippen molar-refractivity contribution in [2.24, 2.45) is 0 Å². The van der Waals surface area contributed by atoms with Crippen LogP contribution < -0.4 is 0 Å². The first-order valence-corrected chi connectivity index (χ1v) is 5.57. The second-order valence-electron chi connectivity index (χ2n) is 4.01. The Bertz CT molecular complexity index is 215. The number of hydrogen-bond acceptors (Lipinski definition) is 2. The Kier molecular flexibility index (Phi) is 4.16. The van der Waals surface area contributed by atoms with Gasteiger partial charge in [0.1, 0.15) is 0 Å². The molecule has 4 nitrogen and oxygen atoms in total. The molecule has 0 unspecified atom stereocenters. The van der Waals surface area contributed by atoms with Gasteiger partial charge in [-0.1, -0.05) is 0 Å². The SMILES string of the molecule is C[N+](C)(C)CCCCS(=O)(=O)O. The highest BCUT2D eigenvalue weighted by Crippen LogP contribution is 1.99. The fourth-order valence-electron chi connectivity index (χ4n) is 0.871. The van der Waals surface area contributed by atoms with E-state index in [4.69, 9.17) is 4.55 Å². The van der Waals surface area contributed by atoms with Gasteiger partial charge in [-0.25, -0.2) is 0 Å². The highest BCUT2D eigenvalue weighted by atomic mass is 32.2. The van der Waals surface area contributed by atoms with Crippen molar-refractivity contribution in [3.63, 3.8) is 0 Å². The van der Waals surface area contributed by atoms with Crippen LogP contribution in [0.2, 0.25) is 0 Å². The lowest BCUT2D eigenvalue weighted by molar-refractivity contribution is -0.870. The van der Waals surface area contributed by atoms with Crippen LogP contribution in [0.25, 0.3) is 0 Å². The molecule has 0 saturated heterocycles. The van der Waals surface area contributed by atoms with Gasteiger partial charge < -0.3 is 4.48 Å². The fraction of sp³-hybridized carbons (Fsp3) is 1.00. The van der Waals surface area contributed by atoms with Crippen molar-refractivity contribution in [2.75, 3.05) is 33.4 Å². The summed E-state index contributed by atoms with van der Waals surface area (Å²) in [6.45, 7) is 0.926. The summed E-state index contributed by atoms with van der Waals surface area (Å²) in [5.74, 6) is -0.118. The Balaban J connectivity index is 3.48. The van der Waals surface area contributed by atoms with Crippen molar-refractivity contribution in [3.05, 3.63) is 0 Å². The predicted molar refractivity (Wildman–Crippen MR) is 48.5 cm³/mol. The van der Waals surface area contributed by atoms with E-state index in [-0.39, 0.29) is 5.75 Å². The molecule has 0 aliphatic heterocycles. The van der Waals surface area contributed by atoms with Crippen molar-refractivity contribution in [2.45, 2.75) is 12.8 Å². The number of nitrogens with zero attached hydrogens (tertiary/aromatic N) is 1. The van der Waals surface area contributed by atoms with Crippen LogP contribution in [0.5, 0.6) is 0 Å². The summed E-state index contributed by atoms with van der Waals surface area (Å²) in [4.78, 5) is 0. The Hall–Kier alpha value is -0.130. The molecule has 0 heterocycles. The van der Waals surface area contributed by atoms with E-state index < -0.39 is 10.1 Å². The van der Waals surface area contributed by atoms with Gasteiger partial charge in [-0.3, -0.25) is 4.55 Å². The van der Waals surface area contributed by atoms with Gasteiger partial charge in [0.05, 0.1) is 33.4 Å². The van der Waals surface area contributed by atoms with Crippen molar-refractivity contribution in [1.82, 2.24) is 0 Å².